The highest BCUT2D eigenvalue weighted by atomic mass is 127. The van der Waals surface area contributed by atoms with Crippen molar-refractivity contribution < 1.29 is 19.8 Å². The van der Waals surface area contributed by atoms with Gasteiger partial charge in [0.1, 0.15) is 0 Å². The predicted octanol–water partition coefficient (Wildman–Crippen LogP) is 2.30. The molecule has 1 aromatic carbocycles. The number of halogens is 1. The molecule has 1 aromatic rings. The smallest absolute Gasteiger partial charge is 0.337 e. The maximum Gasteiger partial charge on any atom is 0.337 e. The lowest BCUT2D eigenvalue weighted by molar-refractivity contribution is 0.0678. The molecule has 1 rings (SSSR count). The molecule has 0 amide bonds. The fraction of sp³-hybridized carbons (Fsp3) is 0.200. The van der Waals surface area contributed by atoms with Gasteiger partial charge in [-0.2, -0.15) is 0 Å². The molecule has 0 fully saturated rings. The van der Waals surface area contributed by atoms with E-state index in [4.69, 9.17) is 10.2 Å². The molecule has 0 heterocycles. The number of hydrogen-bond donors (Lipinski definition) is 2. The molecule has 0 saturated carbocycles. The molecule has 0 radical (unpaired) electrons. The third kappa shape index (κ3) is 2.11. The Bertz CT molecular complexity index is 451. The van der Waals surface area contributed by atoms with Crippen LogP contribution in [0.3, 0.4) is 0 Å². The Balaban J connectivity index is 3.58. The molecular weight excluding hydrogens is 311 g/mol. The van der Waals surface area contributed by atoms with Crippen LogP contribution in [0.4, 0.5) is 0 Å². The third-order valence-corrected chi connectivity index (χ3v) is 3.15. The summed E-state index contributed by atoms with van der Waals surface area (Å²) in [4.78, 5) is 21.8. The quantitative estimate of drug-likeness (QED) is 0.820. The molecule has 5 heteroatoms. The van der Waals surface area contributed by atoms with E-state index in [1.807, 2.05) is 22.6 Å². The Morgan fingerprint density at radius 1 is 1.13 bits per heavy atom. The maximum absolute atomic E-state index is 10.9. The van der Waals surface area contributed by atoms with E-state index in [-0.39, 0.29) is 11.1 Å². The van der Waals surface area contributed by atoms with Crippen LogP contribution in [0.25, 0.3) is 0 Å². The van der Waals surface area contributed by atoms with E-state index in [1.165, 1.54) is 6.07 Å². The van der Waals surface area contributed by atoms with E-state index in [0.29, 0.717) is 14.7 Å². The minimum Gasteiger partial charge on any atom is -0.478 e. The summed E-state index contributed by atoms with van der Waals surface area (Å²) in [6.45, 7) is 3.23. The van der Waals surface area contributed by atoms with Gasteiger partial charge >= 0.3 is 11.9 Å². The Labute approximate surface area is 100 Å². The highest BCUT2D eigenvalue weighted by Crippen LogP contribution is 2.23. The predicted molar refractivity (Wildman–Crippen MR) is 62.6 cm³/mol. The lowest BCUT2D eigenvalue weighted by atomic mass is 9.98. The largest absolute Gasteiger partial charge is 0.478 e. The van der Waals surface area contributed by atoms with Crippen molar-refractivity contribution in [2.45, 2.75) is 13.8 Å². The zero-order chi connectivity index (χ0) is 11.7. The lowest BCUT2D eigenvalue weighted by Gasteiger charge is -2.10. The third-order valence-electron chi connectivity index (χ3n) is 2.30. The first-order valence-electron chi connectivity index (χ1n) is 4.12. The first-order chi connectivity index (χ1) is 6.86. The Kier molecular flexibility index (Phi) is 3.33. The molecule has 4 nitrogen and oxygen atoms in total. The van der Waals surface area contributed by atoms with Gasteiger partial charge in [-0.25, -0.2) is 9.59 Å². The van der Waals surface area contributed by atoms with Crippen molar-refractivity contribution in [1.29, 1.82) is 0 Å². The average Bonchev–Trinajstić information content (AvgIpc) is 2.10. The van der Waals surface area contributed by atoms with Gasteiger partial charge in [-0.1, -0.05) is 0 Å². The molecule has 0 aliphatic rings. The normalized spacial score (nSPS) is 10.1. The second-order valence-electron chi connectivity index (χ2n) is 3.14. The molecule has 0 aliphatic heterocycles. The molecular formula is C10H9IO4. The topological polar surface area (TPSA) is 74.6 Å². The number of hydrogen-bond acceptors (Lipinski definition) is 2. The number of aromatic carboxylic acids is 2. The van der Waals surface area contributed by atoms with Crippen LogP contribution >= 0.6 is 22.6 Å². The van der Waals surface area contributed by atoms with Gasteiger partial charge in [0.25, 0.3) is 0 Å². The molecule has 0 unspecified atom stereocenters. The van der Waals surface area contributed by atoms with Crippen LogP contribution in [0.2, 0.25) is 0 Å². The van der Waals surface area contributed by atoms with Crippen molar-refractivity contribution in [3.05, 3.63) is 31.9 Å². The van der Waals surface area contributed by atoms with Gasteiger partial charge in [0.05, 0.1) is 11.1 Å². The van der Waals surface area contributed by atoms with Crippen LogP contribution < -0.4 is 0 Å². The summed E-state index contributed by atoms with van der Waals surface area (Å²) in [5.74, 6) is -2.07. The maximum atomic E-state index is 10.9. The number of carboxylic acid groups (broad SMARTS) is 2. The number of carbonyl (C=O) groups is 2. The van der Waals surface area contributed by atoms with Crippen LogP contribution in [-0.4, -0.2) is 22.2 Å². The first-order valence-corrected chi connectivity index (χ1v) is 5.20. The Morgan fingerprint density at radius 3 is 2.07 bits per heavy atom. The molecule has 15 heavy (non-hydrogen) atoms. The summed E-state index contributed by atoms with van der Waals surface area (Å²) in [7, 11) is 0. The second kappa shape index (κ2) is 4.18. The zero-order valence-electron chi connectivity index (χ0n) is 8.17. The highest BCUT2D eigenvalue weighted by molar-refractivity contribution is 14.1. The fourth-order valence-corrected chi connectivity index (χ4v) is 2.31. The van der Waals surface area contributed by atoms with E-state index in [1.54, 1.807) is 13.8 Å². The average molecular weight is 320 g/mol. The van der Waals surface area contributed by atoms with Gasteiger partial charge < -0.3 is 10.2 Å². The monoisotopic (exact) mass is 320 g/mol. The molecule has 0 bridgehead atoms. The van der Waals surface area contributed by atoms with Crippen molar-refractivity contribution >= 4 is 34.5 Å². The van der Waals surface area contributed by atoms with Crippen LogP contribution in [-0.2, 0) is 0 Å². The molecule has 0 saturated heterocycles. The Hall–Kier alpha value is -1.11. The number of benzene rings is 1. The van der Waals surface area contributed by atoms with Crippen molar-refractivity contribution in [2.24, 2.45) is 0 Å². The second-order valence-corrected chi connectivity index (χ2v) is 4.30. The van der Waals surface area contributed by atoms with Crippen molar-refractivity contribution in [3.63, 3.8) is 0 Å². The van der Waals surface area contributed by atoms with Gasteiger partial charge in [0.15, 0.2) is 0 Å². The number of rotatable bonds is 2. The van der Waals surface area contributed by atoms with Gasteiger partial charge in [-0.15, -0.1) is 0 Å². The summed E-state index contributed by atoms with van der Waals surface area (Å²) < 4.78 is 0.445. The van der Waals surface area contributed by atoms with Crippen LogP contribution in [0.15, 0.2) is 6.07 Å². The van der Waals surface area contributed by atoms with Crippen molar-refractivity contribution in [1.82, 2.24) is 0 Å². The SMILES string of the molecule is Cc1c(C(=O)O)cc(I)c(C(=O)O)c1C. The molecule has 80 valence electrons. The van der Waals surface area contributed by atoms with E-state index in [9.17, 15) is 9.59 Å². The zero-order valence-corrected chi connectivity index (χ0v) is 10.3. The summed E-state index contributed by atoms with van der Waals surface area (Å²) in [5, 5.41) is 17.8. The first kappa shape index (κ1) is 12.0. The van der Waals surface area contributed by atoms with E-state index < -0.39 is 11.9 Å². The van der Waals surface area contributed by atoms with Crippen LogP contribution in [0.5, 0.6) is 0 Å². The standard InChI is InChI=1S/C10H9IO4/c1-4-5(2)8(10(14)15)7(11)3-6(4)9(12)13/h3H,1-2H3,(H,12,13)(H,14,15). The molecule has 2 N–H and O–H groups in total. The van der Waals surface area contributed by atoms with Crippen molar-refractivity contribution in [3.8, 4) is 0 Å². The summed E-state index contributed by atoms with van der Waals surface area (Å²) in [6.07, 6.45) is 0. The molecule has 0 atom stereocenters. The number of carboxylic acids is 2. The van der Waals surface area contributed by atoms with Crippen LogP contribution in [0, 0.1) is 17.4 Å². The molecule has 0 spiro atoms. The summed E-state index contributed by atoms with van der Waals surface area (Å²) in [5.41, 5.74) is 1.34. The van der Waals surface area contributed by atoms with E-state index >= 15 is 0 Å². The minimum atomic E-state index is -1.04. The minimum absolute atomic E-state index is 0.155. The highest BCUT2D eigenvalue weighted by Gasteiger charge is 2.19. The van der Waals surface area contributed by atoms with Gasteiger partial charge in [-0.3, -0.25) is 0 Å². The lowest BCUT2D eigenvalue weighted by Crippen LogP contribution is -2.10. The van der Waals surface area contributed by atoms with Crippen molar-refractivity contribution in [2.75, 3.05) is 0 Å². The summed E-state index contributed by atoms with van der Waals surface area (Å²) in [6, 6.07) is 1.38. The molecule has 0 aromatic heterocycles. The van der Waals surface area contributed by atoms with Crippen LogP contribution in [0.1, 0.15) is 31.8 Å². The van der Waals surface area contributed by atoms with Gasteiger partial charge in [0, 0.05) is 3.57 Å². The van der Waals surface area contributed by atoms with Gasteiger partial charge in [0.2, 0.25) is 0 Å². The Morgan fingerprint density at radius 2 is 1.67 bits per heavy atom. The molecule has 0 aliphatic carbocycles. The van der Waals surface area contributed by atoms with E-state index in [2.05, 4.69) is 0 Å². The summed E-state index contributed by atoms with van der Waals surface area (Å²) >= 11 is 1.83. The van der Waals surface area contributed by atoms with E-state index in [0.717, 1.165) is 0 Å². The fourth-order valence-electron chi connectivity index (χ4n) is 1.36. The van der Waals surface area contributed by atoms with Gasteiger partial charge in [-0.05, 0) is 53.6 Å².